The highest BCUT2D eigenvalue weighted by molar-refractivity contribution is 5.87. The summed E-state index contributed by atoms with van der Waals surface area (Å²) in [6, 6.07) is 16.4. The van der Waals surface area contributed by atoms with Crippen molar-refractivity contribution >= 4 is 11.8 Å². The number of ketones is 1. The number of carbonyl (C=O) groups is 2. The fourth-order valence-electron chi connectivity index (χ4n) is 7.42. The normalized spacial score (nSPS) is 29.0. The first-order valence-electron chi connectivity index (χ1n) is 13.3. The van der Waals surface area contributed by atoms with Crippen molar-refractivity contribution in [2.75, 3.05) is 13.7 Å². The van der Waals surface area contributed by atoms with Crippen molar-refractivity contribution in [3.05, 3.63) is 65.2 Å². The van der Waals surface area contributed by atoms with Crippen LogP contribution in [0.4, 0.5) is 4.79 Å². The maximum absolute atomic E-state index is 13.2. The molecule has 2 amide bonds. The Morgan fingerprint density at radius 3 is 2.74 bits per heavy atom. The maximum atomic E-state index is 13.2. The van der Waals surface area contributed by atoms with E-state index in [1.54, 1.807) is 7.11 Å². The highest BCUT2D eigenvalue weighted by Gasteiger charge is 2.58. The highest BCUT2D eigenvalue weighted by Crippen LogP contribution is 2.62. The minimum Gasteiger partial charge on any atom is -0.497 e. The SMILES string of the molecule is COc1ccc2c(c1)CC[C@H]1[C@@H]3[C@H](CCCNC(=O)NCc4ccccc4)CC(=O)[C@@]3(C)CC[C@H]21. The fraction of sp³-hybridized carbons (Fsp3) is 0.533. The first-order valence-corrected chi connectivity index (χ1v) is 13.3. The lowest BCUT2D eigenvalue weighted by molar-refractivity contribution is -0.129. The third-order valence-electron chi connectivity index (χ3n) is 9.11. The molecule has 0 spiro atoms. The van der Waals surface area contributed by atoms with E-state index >= 15 is 0 Å². The standard InChI is InChI=1S/C30H38N2O3/c1-30-15-14-25-24-13-11-23(35-2)17-21(24)10-12-26(25)28(30)22(18-27(30)33)9-6-16-31-29(34)32-19-20-7-4-3-5-8-20/h3-5,7-8,11,13,17,22,25-26,28H,6,9-10,12,14-16,18-19H2,1-2H3,(H2,31,32,34)/t22-,25-,26-,28+,30-/m1/s1. The topological polar surface area (TPSA) is 67.4 Å². The van der Waals surface area contributed by atoms with Crippen LogP contribution in [0.25, 0.3) is 0 Å². The van der Waals surface area contributed by atoms with E-state index in [0.29, 0.717) is 49.0 Å². The van der Waals surface area contributed by atoms with E-state index in [-0.39, 0.29) is 11.4 Å². The summed E-state index contributed by atoms with van der Waals surface area (Å²) in [4.78, 5) is 25.4. The molecule has 5 nitrogen and oxygen atoms in total. The Morgan fingerprint density at radius 1 is 1.11 bits per heavy atom. The molecule has 0 radical (unpaired) electrons. The second kappa shape index (κ2) is 10.0. The van der Waals surface area contributed by atoms with Crippen LogP contribution in [-0.2, 0) is 17.8 Å². The molecule has 0 aromatic heterocycles. The maximum Gasteiger partial charge on any atom is 0.315 e. The predicted octanol–water partition coefficient (Wildman–Crippen LogP) is 5.63. The Hall–Kier alpha value is -2.82. The number of hydrogen-bond donors (Lipinski definition) is 2. The van der Waals surface area contributed by atoms with Crippen molar-refractivity contribution < 1.29 is 14.3 Å². The van der Waals surface area contributed by atoms with E-state index in [4.69, 9.17) is 4.74 Å². The van der Waals surface area contributed by atoms with Gasteiger partial charge >= 0.3 is 6.03 Å². The third-order valence-corrected chi connectivity index (χ3v) is 9.11. The molecule has 0 saturated heterocycles. The largest absolute Gasteiger partial charge is 0.497 e. The highest BCUT2D eigenvalue weighted by atomic mass is 16.5. The van der Waals surface area contributed by atoms with Crippen LogP contribution in [0, 0.1) is 23.2 Å². The number of ether oxygens (including phenoxy) is 1. The molecule has 0 heterocycles. The Bertz CT molecular complexity index is 1070. The van der Waals surface area contributed by atoms with Crippen LogP contribution in [0.3, 0.4) is 0 Å². The average Bonchev–Trinajstić information content (AvgIpc) is 3.15. The van der Waals surface area contributed by atoms with Crippen molar-refractivity contribution in [2.45, 2.75) is 64.3 Å². The molecule has 186 valence electrons. The second-order valence-corrected chi connectivity index (χ2v) is 11.0. The molecule has 5 atom stereocenters. The van der Waals surface area contributed by atoms with Gasteiger partial charge in [0.1, 0.15) is 11.5 Å². The minimum atomic E-state index is -0.170. The zero-order valence-corrected chi connectivity index (χ0v) is 21.0. The molecule has 5 rings (SSSR count). The quantitative estimate of drug-likeness (QED) is 0.512. The van der Waals surface area contributed by atoms with Gasteiger partial charge in [0.2, 0.25) is 0 Å². The lowest BCUT2D eigenvalue weighted by Gasteiger charge is -2.50. The van der Waals surface area contributed by atoms with E-state index in [2.05, 4.69) is 35.8 Å². The van der Waals surface area contributed by atoms with Gasteiger partial charge in [-0.05, 0) is 91.0 Å². The van der Waals surface area contributed by atoms with Crippen molar-refractivity contribution in [3.63, 3.8) is 0 Å². The van der Waals surface area contributed by atoms with Gasteiger partial charge in [0.05, 0.1) is 7.11 Å². The zero-order valence-electron chi connectivity index (χ0n) is 21.0. The number of benzene rings is 2. The first kappa shape index (κ1) is 23.9. The summed E-state index contributed by atoms with van der Waals surface area (Å²) in [7, 11) is 1.73. The van der Waals surface area contributed by atoms with Gasteiger partial charge < -0.3 is 15.4 Å². The van der Waals surface area contributed by atoms with Gasteiger partial charge in [0.15, 0.2) is 0 Å². The van der Waals surface area contributed by atoms with Crippen molar-refractivity contribution in [2.24, 2.45) is 23.2 Å². The molecule has 0 unspecified atom stereocenters. The molecular weight excluding hydrogens is 436 g/mol. The number of rotatable bonds is 7. The molecule has 2 saturated carbocycles. The number of urea groups is 1. The van der Waals surface area contributed by atoms with Crippen molar-refractivity contribution in [3.8, 4) is 5.75 Å². The second-order valence-electron chi connectivity index (χ2n) is 11.0. The first-order chi connectivity index (χ1) is 17.0. The van der Waals surface area contributed by atoms with Crippen LogP contribution in [0.2, 0.25) is 0 Å². The van der Waals surface area contributed by atoms with E-state index in [9.17, 15) is 9.59 Å². The number of methoxy groups -OCH3 is 1. The molecule has 2 aromatic rings. The molecule has 0 bridgehead atoms. The van der Waals surface area contributed by atoms with Crippen LogP contribution in [-0.4, -0.2) is 25.5 Å². The molecule has 35 heavy (non-hydrogen) atoms. The van der Waals surface area contributed by atoms with Gasteiger partial charge in [-0.25, -0.2) is 4.79 Å². The molecule has 3 aliphatic carbocycles. The van der Waals surface area contributed by atoms with E-state index < -0.39 is 0 Å². The summed E-state index contributed by atoms with van der Waals surface area (Å²) in [5.74, 6) is 3.42. The van der Waals surface area contributed by atoms with Gasteiger partial charge in [-0.1, -0.05) is 43.3 Å². The summed E-state index contributed by atoms with van der Waals surface area (Å²) in [5, 5.41) is 5.93. The Labute approximate surface area is 209 Å². The lowest BCUT2D eigenvalue weighted by Crippen LogP contribution is -2.44. The third kappa shape index (κ3) is 4.70. The Balaban J connectivity index is 1.19. The van der Waals surface area contributed by atoms with E-state index in [1.165, 1.54) is 11.1 Å². The molecule has 2 N–H and O–H groups in total. The molecule has 0 aliphatic heterocycles. The van der Waals surface area contributed by atoms with Gasteiger partial charge in [0.25, 0.3) is 0 Å². The van der Waals surface area contributed by atoms with Gasteiger partial charge in [-0.15, -0.1) is 0 Å². The number of fused-ring (bicyclic) bond motifs is 5. The van der Waals surface area contributed by atoms with Crippen LogP contribution >= 0.6 is 0 Å². The van der Waals surface area contributed by atoms with Crippen LogP contribution in [0.5, 0.6) is 5.75 Å². The minimum absolute atomic E-state index is 0.127. The number of amides is 2. The molecule has 3 aliphatic rings. The molecule has 2 aromatic carbocycles. The zero-order chi connectivity index (χ0) is 24.4. The summed E-state index contributed by atoms with van der Waals surface area (Å²) in [6.45, 7) is 3.42. The summed E-state index contributed by atoms with van der Waals surface area (Å²) < 4.78 is 5.46. The van der Waals surface area contributed by atoms with Crippen LogP contribution < -0.4 is 15.4 Å². The van der Waals surface area contributed by atoms with Gasteiger partial charge in [-0.3, -0.25) is 4.79 Å². The van der Waals surface area contributed by atoms with E-state index in [0.717, 1.165) is 49.8 Å². The van der Waals surface area contributed by atoms with E-state index in [1.807, 2.05) is 30.3 Å². The lowest BCUT2D eigenvalue weighted by atomic mass is 9.54. The van der Waals surface area contributed by atoms with Crippen LogP contribution in [0.15, 0.2) is 48.5 Å². The number of hydrogen-bond acceptors (Lipinski definition) is 3. The molecule has 5 heteroatoms. The van der Waals surface area contributed by atoms with Crippen molar-refractivity contribution in [1.29, 1.82) is 0 Å². The average molecular weight is 475 g/mol. The number of Topliss-reactive ketones (excluding diaryl/α,β-unsaturated/α-hetero) is 1. The number of carbonyl (C=O) groups excluding carboxylic acids is 2. The smallest absolute Gasteiger partial charge is 0.315 e. The van der Waals surface area contributed by atoms with Crippen molar-refractivity contribution in [1.82, 2.24) is 10.6 Å². The summed E-state index contributed by atoms with van der Waals surface area (Å²) >= 11 is 0. The Morgan fingerprint density at radius 2 is 1.94 bits per heavy atom. The molecule has 2 fully saturated rings. The van der Waals surface area contributed by atoms with Gasteiger partial charge in [-0.2, -0.15) is 0 Å². The number of aryl methyl sites for hydroxylation is 1. The summed E-state index contributed by atoms with van der Waals surface area (Å²) in [6.07, 6.45) is 6.97. The summed E-state index contributed by atoms with van der Waals surface area (Å²) in [5.41, 5.74) is 3.83. The Kier molecular flexibility index (Phi) is 6.86. The fourth-order valence-corrected chi connectivity index (χ4v) is 7.42. The monoisotopic (exact) mass is 474 g/mol. The van der Waals surface area contributed by atoms with Crippen LogP contribution in [0.1, 0.15) is 68.1 Å². The molecular formula is C30H38N2O3. The predicted molar refractivity (Wildman–Crippen MR) is 137 cm³/mol. The van der Waals surface area contributed by atoms with Gasteiger partial charge in [0, 0.05) is 24.9 Å². The number of nitrogens with one attached hydrogen (secondary N) is 2.